The van der Waals surface area contributed by atoms with Crippen LogP contribution >= 0.6 is 0 Å². The quantitative estimate of drug-likeness (QED) is 0.130. The van der Waals surface area contributed by atoms with Crippen LogP contribution in [0.3, 0.4) is 0 Å². The van der Waals surface area contributed by atoms with E-state index in [0.29, 0.717) is 0 Å². The fraction of sp³-hybridized carbons (Fsp3) is 0. The maximum atomic E-state index is 2.46. The third-order valence-corrected chi connectivity index (χ3v) is 20.2. The van der Waals surface area contributed by atoms with Gasteiger partial charge in [0, 0.05) is 65.8 Å². The lowest BCUT2D eigenvalue weighted by Crippen LogP contribution is -1.96. The summed E-state index contributed by atoms with van der Waals surface area (Å²) in [5, 5.41) is 10.1. The molecule has 0 saturated carbocycles. The standard InChI is InChI=1S/2C48H32N2/c1-4-14-33(15-5-1)36-20-12-22-39(30-36)49-43-25-11-10-24-41(43)47-44(49)28-29-45-48(47)42-27-26-38(35-18-8-3-9-19-35)32-46(42)50(45)40-23-13-21-37(31-40)34-16-6-2-7-17-34;1-4-12-33(13-5-1)36-20-25-39(26-21-36)49-43-19-11-10-18-41(43)47-44(49)30-31-45-48(47)42-29-24-38(35-16-8-3-9-17-35)32-46(42)50(45)40-27-22-37(23-28-40)34-14-6-2-7-15-34/h2*1-32H. The highest BCUT2D eigenvalue weighted by Crippen LogP contribution is 2.46. The molecule has 0 unspecified atom stereocenters. The molecule has 0 spiro atoms. The molecule has 0 saturated heterocycles. The maximum Gasteiger partial charge on any atom is 0.0548 e. The van der Waals surface area contributed by atoms with Crippen LogP contribution in [-0.2, 0) is 0 Å². The van der Waals surface area contributed by atoms with Crippen LogP contribution in [-0.4, -0.2) is 18.3 Å². The van der Waals surface area contributed by atoms with Gasteiger partial charge in [-0.25, -0.2) is 0 Å². The molecular formula is C96H64N4. The van der Waals surface area contributed by atoms with Gasteiger partial charge in [0.05, 0.1) is 44.1 Å². The largest absolute Gasteiger partial charge is 0.309 e. The highest BCUT2D eigenvalue weighted by molar-refractivity contribution is 6.30. The first-order valence-corrected chi connectivity index (χ1v) is 34.4. The van der Waals surface area contributed by atoms with Gasteiger partial charge in [0.1, 0.15) is 0 Å². The maximum absolute atomic E-state index is 2.46. The number of fused-ring (bicyclic) bond motifs is 14. The molecule has 0 atom stereocenters. The molecule has 0 aliphatic carbocycles. The van der Waals surface area contributed by atoms with E-state index in [2.05, 4.69) is 407 Å². The van der Waals surface area contributed by atoms with Gasteiger partial charge in [0.15, 0.2) is 0 Å². The van der Waals surface area contributed by atoms with Crippen molar-refractivity contribution in [3.05, 3.63) is 388 Å². The van der Waals surface area contributed by atoms with Crippen LogP contribution in [0.1, 0.15) is 0 Å². The predicted molar refractivity (Wildman–Crippen MR) is 423 cm³/mol. The molecule has 4 heteroatoms. The summed E-state index contributed by atoms with van der Waals surface area (Å²) >= 11 is 0. The van der Waals surface area contributed by atoms with Gasteiger partial charge in [0.25, 0.3) is 0 Å². The Labute approximate surface area is 579 Å². The van der Waals surface area contributed by atoms with Gasteiger partial charge in [0.2, 0.25) is 0 Å². The van der Waals surface area contributed by atoms with Gasteiger partial charge in [-0.3, -0.25) is 0 Å². The molecule has 4 nitrogen and oxygen atoms in total. The van der Waals surface area contributed by atoms with Crippen molar-refractivity contribution in [3.8, 4) is 89.5 Å². The van der Waals surface area contributed by atoms with Crippen LogP contribution in [0.15, 0.2) is 388 Å². The summed E-state index contributed by atoms with van der Waals surface area (Å²) < 4.78 is 9.78. The predicted octanol–water partition coefficient (Wildman–Crippen LogP) is 25.8. The van der Waals surface area contributed by atoms with Gasteiger partial charge in [-0.15, -0.1) is 0 Å². The van der Waals surface area contributed by atoms with E-state index in [-0.39, 0.29) is 0 Å². The van der Waals surface area contributed by atoms with E-state index in [0.717, 1.165) is 22.7 Å². The smallest absolute Gasteiger partial charge is 0.0548 e. The Morgan fingerprint density at radius 1 is 0.120 bits per heavy atom. The second kappa shape index (κ2) is 24.4. The molecule has 0 fully saturated rings. The molecule has 20 rings (SSSR count). The summed E-state index contributed by atoms with van der Waals surface area (Å²) in [7, 11) is 0. The minimum Gasteiger partial charge on any atom is -0.309 e. The number of hydrogen-bond acceptors (Lipinski definition) is 0. The second-order valence-corrected chi connectivity index (χ2v) is 25.9. The molecule has 20 aromatic rings. The van der Waals surface area contributed by atoms with Crippen LogP contribution in [0.4, 0.5) is 0 Å². The van der Waals surface area contributed by atoms with Crippen LogP contribution in [0.5, 0.6) is 0 Å². The van der Waals surface area contributed by atoms with Crippen molar-refractivity contribution in [1.29, 1.82) is 0 Å². The van der Waals surface area contributed by atoms with Gasteiger partial charge in [-0.05, 0) is 164 Å². The van der Waals surface area contributed by atoms with Gasteiger partial charge in [-0.2, -0.15) is 0 Å². The summed E-state index contributed by atoms with van der Waals surface area (Å²) in [6.07, 6.45) is 0. The first-order valence-electron chi connectivity index (χ1n) is 34.4. The van der Waals surface area contributed by atoms with Gasteiger partial charge < -0.3 is 18.3 Å². The van der Waals surface area contributed by atoms with E-state index < -0.39 is 0 Å². The first kappa shape index (κ1) is 58.1. The molecule has 0 N–H and O–H groups in total. The molecule has 100 heavy (non-hydrogen) atoms. The summed E-state index contributed by atoms with van der Waals surface area (Å²) in [4.78, 5) is 0. The lowest BCUT2D eigenvalue weighted by molar-refractivity contribution is 1.17. The van der Waals surface area contributed by atoms with E-state index in [1.165, 1.54) is 154 Å². The molecule has 0 aliphatic rings. The number of para-hydroxylation sites is 2. The molecule has 16 aromatic carbocycles. The summed E-state index contributed by atoms with van der Waals surface area (Å²) in [5.74, 6) is 0. The normalized spacial score (nSPS) is 11.6. The summed E-state index contributed by atoms with van der Waals surface area (Å²) in [5.41, 5.74) is 28.8. The summed E-state index contributed by atoms with van der Waals surface area (Å²) in [6, 6.07) is 141. The summed E-state index contributed by atoms with van der Waals surface area (Å²) in [6.45, 7) is 0. The SMILES string of the molecule is c1ccc(-c2ccc(-n3c4ccccc4c4c5c6ccc(-c7ccccc7)cc6n(-c6ccc(-c7ccccc7)cc6)c5ccc43)cc2)cc1.c1ccc(-c2cccc(-n3c4ccccc4c4c5c6ccc(-c7ccccc7)cc6n(-c6cccc(-c7ccccc7)c6)c5ccc43)c2)cc1. The lowest BCUT2D eigenvalue weighted by Gasteiger charge is -2.12. The van der Waals surface area contributed by atoms with Crippen LogP contribution < -0.4 is 0 Å². The molecule has 0 bridgehead atoms. The third-order valence-electron chi connectivity index (χ3n) is 20.2. The van der Waals surface area contributed by atoms with Crippen molar-refractivity contribution < 1.29 is 0 Å². The van der Waals surface area contributed by atoms with Crippen LogP contribution in [0.25, 0.3) is 177 Å². The van der Waals surface area contributed by atoms with E-state index >= 15 is 0 Å². The average Bonchev–Trinajstić information content (AvgIpc) is 1.55. The Kier molecular flexibility index (Phi) is 14.2. The average molecular weight is 1270 g/mol. The fourth-order valence-electron chi connectivity index (χ4n) is 15.6. The fourth-order valence-corrected chi connectivity index (χ4v) is 15.6. The zero-order valence-corrected chi connectivity index (χ0v) is 54.7. The molecule has 0 amide bonds. The zero-order valence-electron chi connectivity index (χ0n) is 54.7. The first-order chi connectivity index (χ1) is 49.6. The van der Waals surface area contributed by atoms with Gasteiger partial charge >= 0.3 is 0 Å². The van der Waals surface area contributed by atoms with Crippen molar-refractivity contribution in [3.63, 3.8) is 0 Å². The Morgan fingerprint density at radius 2 is 0.350 bits per heavy atom. The van der Waals surface area contributed by atoms with Gasteiger partial charge in [-0.1, -0.05) is 291 Å². The van der Waals surface area contributed by atoms with Crippen molar-refractivity contribution in [2.24, 2.45) is 0 Å². The number of benzene rings is 16. The van der Waals surface area contributed by atoms with Crippen molar-refractivity contribution in [1.82, 2.24) is 18.3 Å². The second-order valence-electron chi connectivity index (χ2n) is 25.9. The van der Waals surface area contributed by atoms with Crippen molar-refractivity contribution in [2.75, 3.05) is 0 Å². The molecule has 4 aromatic heterocycles. The van der Waals surface area contributed by atoms with E-state index in [1.807, 2.05) is 0 Å². The monoisotopic (exact) mass is 1270 g/mol. The Bertz CT molecular complexity index is 6440. The minimum atomic E-state index is 1.15. The molecule has 0 aliphatic heterocycles. The minimum absolute atomic E-state index is 1.15. The van der Waals surface area contributed by atoms with Crippen molar-refractivity contribution >= 4 is 87.2 Å². The Morgan fingerprint density at radius 3 is 0.690 bits per heavy atom. The Hall–Kier alpha value is -13.3. The zero-order chi connectivity index (χ0) is 66.0. The number of rotatable bonds is 10. The number of hydrogen-bond donors (Lipinski definition) is 0. The lowest BCUT2D eigenvalue weighted by atomic mass is 10.0. The van der Waals surface area contributed by atoms with E-state index in [1.54, 1.807) is 0 Å². The molecular weight excluding hydrogens is 1210 g/mol. The van der Waals surface area contributed by atoms with Crippen LogP contribution in [0, 0.1) is 0 Å². The third kappa shape index (κ3) is 9.92. The highest BCUT2D eigenvalue weighted by Gasteiger charge is 2.24. The molecule has 0 radical (unpaired) electrons. The highest BCUT2D eigenvalue weighted by atomic mass is 15.0. The molecule has 468 valence electrons. The number of nitrogens with zero attached hydrogens (tertiary/aromatic N) is 4. The van der Waals surface area contributed by atoms with Crippen LogP contribution in [0.2, 0.25) is 0 Å². The Balaban J connectivity index is 0.000000139. The topological polar surface area (TPSA) is 19.7 Å². The van der Waals surface area contributed by atoms with E-state index in [4.69, 9.17) is 0 Å². The molecule has 4 heterocycles. The van der Waals surface area contributed by atoms with E-state index in [9.17, 15) is 0 Å². The van der Waals surface area contributed by atoms with Crippen molar-refractivity contribution in [2.45, 2.75) is 0 Å². The number of aromatic nitrogens is 4.